The zero-order chi connectivity index (χ0) is 23.1. The Bertz CT molecular complexity index is 1190. The van der Waals surface area contributed by atoms with Gasteiger partial charge in [0.2, 0.25) is 0 Å². The molecule has 0 radical (unpaired) electrons. The number of hydrogen-bond donors (Lipinski definition) is 0. The number of rotatable bonds is 8. The first-order valence-electron chi connectivity index (χ1n) is 9.77. The van der Waals surface area contributed by atoms with Crippen LogP contribution < -0.4 is 0 Å². The minimum Gasteiger partial charge on any atom is -0.254 e. The van der Waals surface area contributed by atoms with Crippen LogP contribution in [-0.2, 0) is 33.1 Å². The van der Waals surface area contributed by atoms with Gasteiger partial charge >= 0.3 is 0 Å². The molecule has 2 atom stereocenters. The Labute approximate surface area is 195 Å². The van der Waals surface area contributed by atoms with E-state index in [1.165, 1.54) is 0 Å². The Morgan fingerprint density at radius 3 is 1.41 bits per heavy atom. The minimum absolute atomic E-state index is 0.324. The standard InChI is InChI=1S/C28H22O2S2/c1-5-23-10-14-27(15-11-23)21(3)31(29)19-25-8-7-9-26(18-25)20-32(30)22(4)28-16-12-24(6-2)13-17-28/h1-2,7-18H,3-4,19-20H2. The van der Waals surface area contributed by atoms with Crippen LogP contribution in [-0.4, -0.2) is 8.42 Å². The predicted octanol–water partition coefficient (Wildman–Crippen LogP) is 5.49. The summed E-state index contributed by atoms with van der Waals surface area (Å²) in [6, 6.07) is 22.2. The van der Waals surface area contributed by atoms with Gasteiger partial charge in [0, 0.05) is 20.9 Å². The van der Waals surface area contributed by atoms with Crippen LogP contribution in [0.15, 0.2) is 86.0 Å². The van der Waals surface area contributed by atoms with Gasteiger partial charge in [0.05, 0.1) is 33.1 Å². The van der Waals surface area contributed by atoms with Crippen molar-refractivity contribution >= 4 is 31.4 Å². The number of benzene rings is 3. The Morgan fingerprint density at radius 1 is 0.688 bits per heavy atom. The summed E-state index contributed by atoms with van der Waals surface area (Å²) in [6.07, 6.45) is 10.8. The molecule has 2 unspecified atom stereocenters. The van der Waals surface area contributed by atoms with E-state index in [4.69, 9.17) is 12.8 Å². The van der Waals surface area contributed by atoms with Gasteiger partial charge in [-0.3, -0.25) is 8.42 Å². The fourth-order valence-electron chi connectivity index (χ4n) is 3.05. The highest BCUT2D eigenvalue weighted by Gasteiger charge is 2.12. The second kappa shape index (κ2) is 10.7. The molecule has 0 aliphatic carbocycles. The van der Waals surface area contributed by atoms with Crippen LogP contribution in [0.4, 0.5) is 0 Å². The first-order chi connectivity index (χ1) is 15.4. The van der Waals surface area contributed by atoms with Crippen molar-refractivity contribution in [3.63, 3.8) is 0 Å². The average molecular weight is 455 g/mol. The van der Waals surface area contributed by atoms with Crippen LogP contribution in [0.5, 0.6) is 0 Å². The van der Waals surface area contributed by atoms with Crippen molar-refractivity contribution < 1.29 is 8.42 Å². The van der Waals surface area contributed by atoms with Gasteiger partial charge in [-0.25, -0.2) is 0 Å². The van der Waals surface area contributed by atoms with Gasteiger partial charge < -0.3 is 0 Å². The lowest BCUT2D eigenvalue weighted by Crippen LogP contribution is -2.01. The Hall–Kier alpha value is -3.44. The summed E-state index contributed by atoms with van der Waals surface area (Å²) < 4.78 is 25.7. The molecule has 3 aromatic carbocycles. The van der Waals surface area contributed by atoms with Crippen molar-refractivity contribution in [1.82, 2.24) is 0 Å². The van der Waals surface area contributed by atoms with Crippen LogP contribution in [0.1, 0.15) is 33.4 Å². The van der Waals surface area contributed by atoms with Gasteiger partial charge in [-0.15, -0.1) is 12.8 Å². The third-order valence-corrected chi connectivity index (χ3v) is 7.65. The van der Waals surface area contributed by atoms with Crippen molar-refractivity contribution in [2.45, 2.75) is 11.5 Å². The molecular weight excluding hydrogens is 432 g/mol. The monoisotopic (exact) mass is 454 g/mol. The fraction of sp³-hybridized carbons (Fsp3) is 0.0714. The third-order valence-electron chi connectivity index (χ3n) is 4.88. The molecule has 32 heavy (non-hydrogen) atoms. The third kappa shape index (κ3) is 5.83. The summed E-state index contributed by atoms with van der Waals surface area (Å²) >= 11 is 0. The molecule has 0 aromatic heterocycles. The molecule has 0 saturated heterocycles. The summed E-state index contributed by atoms with van der Waals surface area (Å²) in [5.74, 6) is 5.77. The molecule has 0 aliphatic rings. The predicted molar refractivity (Wildman–Crippen MR) is 137 cm³/mol. The van der Waals surface area contributed by atoms with Crippen molar-refractivity contribution in [3.8, 4) is 24.7 Å². The lowest BCUT2D eigenvalue weighted by molar-refractivity contribution is 0.688. The van der Waals surface area contributed by atoms with E-state index in [0.717, 1.165) is 33.4 Å². The number of terminal acetylenes is 2. The maximum absolute atomic E-state index is 12.8. The maximum Gasteiger partial charge on any atom is 0.0574 e. The topological polar surface area (TPSA) is 34.1 Å². The smallest absolute Gasteiger partial charge is 0.0574 e. The zero-order valence-electron chi connectivity index (χ0n) is 17.5. The maximum atomic E-state index is 12.8. The first kappa shape index (κ1) is 23.2. The summed E-state index contributed by atoms with van der Waals surface area (Å²) in [7, 11) is -2.59. The molecule has 0 fully saturated rings. The summed E-state index contributed by atoms with van der Waals surface area (Å²) in [5.41, 5.74) is 4.91. The lowest BCUT2D eigenvalue weighted by Gasteiger charge is -2.10. The molecule has 0 spiro atoms. The van der Waals surface area contributed by atoms with Crippen LogP contribution in [0.2, 0.25) is 0 Å². The Balaban J connectivity index is 1.66. The molecule has 158 valence electrons. The first-order valence-corrected chi connectivity index (χ1v) is 12.4. The van der Waals surface area contributed by atoms with E-state index >= 15 is 0 Å². The molecule has 3 aromatic rings. The van der Waals surface area contributed by atoms with E-state index in [0.29, 0.717) is 21.3 Å². The molecule has 0 N–H and O–H groups in total. The molecular formula is C28H22O2S2. The van der Waals surface area contributed by atoms with Gasteiger partial charge in [-0.1, -0.05) is 73.5 Å². The van der Waals surface area contributed by atoms with E-state index in [2.05, 4.69) is 25.0 Å². The molecule has 2 nitrogen and oxygen atoms in total. The van der Waals surface area contributed by atoms with Crippen LogP contribution in [0, 0.1) is 24.7 Å². The average Bonchev–Trinajstić information content (AvgIpc) is 2.83. The van der Waals surface area contributed by atoms with Gasteiger partial charge in [0.1, 0.15) is 0 Å². The van der Waals surface area contributed by atoms with Crippen molar-refractivity contribution in [1.29, 1.82) is 0 Å². The van der Waals surface area contributed by atoms with Crippen molar-refractivity contribution in [2.24, 2.45) is 0 Å². The quantitative estimate of drug-likeness (QED) is 0.422. The van der Waals surface area contributed by atoms with E-state index in [-0.39, 0.29) is 0 Å². The van der Waals surface area contributed by atoms with E-state index in [9.17, 15) is 8.42 Å². The normalized spacial score (nSPS) is 12.2. The molecule has 0 saturated carbocycles. The largest absolute Gasteiger partial charge is 0.254 e. The van der Waals surface area contributed by atoms with Crippen LogP contribution in [0.25, 0.3) is 9.81 Å². The van der Waals surface area contributed by atoms with Crippen molar-refractivity contribution in [3.05, 3.63) is 119 Å². The van der Waals surface area contributed by atoms with Crippen LogP contribution >= 0.6 is 0 Å². The lowest BCUT2D eigenvalue weighted by atomic mass is 10.1. The zero-order valence-corrected chi connectivity index (χ0v) is 19.2. The van der Waals surface area contributed by atoms with Crippen molar-refractivity contribution in [2.75, 3.05) is 0 Å². The van der Waals surface area contributed by atoms with Crippen LogP contribution in [0.3, 0.4) is 0 Å². The highest BCUT2D eigenvalue weighted by atomic mass is 32.2. The van der Waals surface area contributed by atoms with Gasteiger partial charge in [0.25, 0.3) is 0 Å². The Kier molecular flexibility index (Phi) is 7.79. The SMILES string of the molecule is C#Cc1ccc(C(=C)S(=O)Cc2cccc(CS(=O)C(=C)c3ccc(C#C)cc3)c2)cc1. The second-order valence-corrected chi connectivity index (χ2v) is 10.0. The fourth-order valence-corrected chi connectivity index (χ4v) is 5.16. The minimum atomic E-state index is -1.29. The van der Waals surface area contributed by atoms with E-state index < -0.39 is 21.6 Å². The summed E-state index contributed by atoms with van der Waals surface area (Å²) in [5, 5.41) is 0. The van der Waals surface area contributed by atoms with E-state index in [1.54, 1.807) is 24.3 Å². The Morgan fingerprint density at radius 2 is 1.06 bits per heavy atom. The van der Waals surface area contributed by atoms with Gasteiger partial charge in [-0.05, 0) is 46.5 Å². The highest BCUT2D eigenvalue weighted by Crippen LogP contribution is 2.23. The molecule has 0 aliphatic heterocycles. The molecule has 4 heteroatoms. The highest BCUT2D eigenvalue weighted by molar-refractivity contribution is 7.94. The molecule has 0 bridgehead atoms. The van der Waals surface area contributed by atoms with Gasteiger partial charge in [-0.2, -0.15) is 0 Å². The summed E-state index contributed by atoms with van der Waals surface area (Å²) in [6.45, 7) is 7.98. The molecule has 0 heterocycles. The summed E-state index contributed by atoms with van der Waals surface area (Å²) in [4.78, 5) is 1.10. The van der Waals surface area contributed by atoms with Gasteiger partial charge in [0.15, 0.2) is 0 Å². The second-order valence-electron chi connectivity index (χ2n) is 7.09. The molecule has 0 amide bonds. The molecule has 3 rings (SSSR count). The van der Waals surface area contributed by atoms with E-state index in [1.807, 2.05) is 48.5 Å². The number of hydrogen-bond acceptors (Lipinski definition) is 2.